The maximum Gasteiger partial charge on any atom is 0.242 e. The lowest BCUT2D eigenvalue weighted by Crippen LogP contribution is -2.80. The van der Waals surface area contributed by atoms with Crippen LogP contribution >= 0.6 is 0 Å². The molecule has 1 amide bonds. The van der Waals surface area contributed by atoms with Gasteiger partial charge in [-0.2, -0.15) is 0 Å². The number of Topliss-reactive ketones (excluding diaryl/α,β-unsaturated/α-hetero) is 1. The Morgan fingerprint density at radius 3 is 2.53 bits per heavy atom. The standard InChI is InChI=1S/C32H34N2O2/c1-4-30-21(2)26-17-29(3)31(30,18-27(26)35)32(29,28(36)33-19-22-11-6-5-7-12-22)34(30)20-24-15-10-14-23-13-8-9-16-25(23)24/h5-16,21,26H,4,17-20H2,1-3H3,(H,33,36). The number of fused-ring (bicyclic) bond motifs is 2. The van der Waals surface area contributed by atoms with Gasteiger partial charge in [0.1, 0.15) is 11.3 Å². The van der Waals surface area contributed by atoms with Gasteiger partial charge in [-0.25, -0.2) is 0 Å². The third-order valence-electron chi connectivity index (χ3n) is 11.1. The molecule has 0 aromatic heterocycles. The summed E-state index contributed by atoms with van der Waals surface area (Å²) < 4.78 is 0. The molecule has 5 aliphatic rings. The molecule has 2 bridgehead atoms. The van der Waals surface area contributed by atoms with Crippen molar-refractivity contribution in [2.75, 3.05) is 0 Å². The zero-order chi connectivity index (χ0) is 24.9. The molecule has 4 nitrogen and oxygen atoms in total. The molecule has 1 saturated heterocycles. The Morgan fingerprint density at radius 1 is 1.03 bits per heavy atom. The van der Waals surface area contributed by atoms with Crippen molar-refractivity contribution in [3.63, 3.8) is 0 Å². The third kappa shape index (κ3) is 2.15. The van der Waals surface area contributed by atoms with Gasteiger partial charge in [0.25, 0.3) is 0 Å². The summed E-state index contributed by atoms with van der Waals surface area (Å²) in [7, 11) is 0. The Morgan fingerprint density at radius 2 is 1.75 bits per heavy atom. The number of ketones is 1. The molecule has 36 heavy (non-hydrogen) atoms. The Hall–Kier alpha value is -2.98. The van der Waals surface area contributed by atoms with E-state index in [9.17, 15) is 9.59 Å². The summed E-state index contributed by atoms with van der Waals surface area (Å²) in [6.45, 7) is 8.12. The molecule has 1 heterocycles. The highest BCUT2D eigenvalue weighted by atomic mass is 16.2. The second-order valence-corrected chi connectivity index (χ2v) is 11.9. The minimum absolute atomic E-state index is 0.0538. The van der Waals surface area contributed by atoms with E-state index in [1.807, 2.05) is 18.2 Å². The fourth-order valence-electron chi connectivity index (χ4n) is 9.96. The predicted octanol–water partition coefficient (Wildman–Crippen LogP) is 5.49. The van der Waals surface area contributed by atoms with Crippen LogP contribution in [0.1, 0.15) is 51.2 Å². The molecule has 5 fully saturated rings. The van der Waals surface area contributed by atoms with Crippen molar-refractivity contribution in [3.8, 4) is 0 Å². The van der Waals surface area contributed by atoms with Gasteiger partial charge in [0, 0.05) is 41.8 Å². The van der Waals surface area contributed by atoms with Crippen LogP contribution < -0.4 is 5.32 Å². The number of hydrogen-bond acceptors (Lipinski definition) is 3. The fraction of sp³-hybridized carbons (Fsp3) is 0.438. The molecule has 8 rings (SSSR count). The van der Waals surface area contributed by atoms with Crippen molar-refractivity contribution in [1.29, 1.82) is 0 Å². The zero-order valence-electron chi connectivity index (χ0n) is 21.4. The second-order valence-electron chi connectivity index (χ2n) is 11.9. The summed E-state index contributed by atoms with van der Waals surface area (Å²) in [5.41, 5.74) is 1.17. The van der Waals surface area contributed by atoms with Crippen molar-refractivity contribution in [1.82, 2.24) is 10.2 Å². The second kappa shape index (κ2) is 7.07. The van der Waals surface area contributed by atoms with Crippen LogP contribution in [0.2, 0.25) is 0 Å². The maximum absolute atomic E-state index is 14.4. The van der Waals surface area contributed by atoms with Crippen LogP contribution in [0.4, 0.5) is 0 Å². The Labute approximate surface area is 213 Å². The van der Waals surface area contributed by atoms with Crippen LogP contribution in [0.5, 0.6) is 0 Å². The smallest absolute Gasteiger partial charge is 0.242 e. The quantitative estimate of drug-likeness (QED) is 0.509. The number of benzene rings is 3. The van der Waals surface area contributed by atoms with Gasteiger partial charge in [0.15, 0.2) is 0 Å². The molecule has 1 aliphatic heterocycles. The molecule has 3 aromatic carbocycles. The average molecular weight is 479 g/mol. The van der Waals surface area contributed by atoms with E-state index in [2.05, 4.69) is 85.6 Å². The summed E-state index contributed by atoms with van der Waals surface area (Å²) in [6.07, 6.45) is 2.35. The Balaban J connectivity index is 1.35. The molecule has 4 heteroatoms. The lowest BCUT2D eigenvalue weighted by atomic mass is 9.46. The van der Waals surface area contributed by atoms with Crippen LogP contribution in [0, 0.1) is 22.7 Å². The predicted molar refractivity (Wildman–Crippen MR) is 141 cm³/mol. The Kier molecular flexibility index (Phi) is 4.37. The van der Waals surface area contributed by atoms with Gasteiger partial charge in [-0.1, -0.05) is 93.6 Å². The summed E-state index contributed by atoms with van der Waals surface area (Å²) in [5.74, 6) is 0.801. The molecule has 0 radical (unpaired) electrons. The van der Waals surface area contributed by atoms with Gasteiger partial charge in [-0.05, 0) is 40.7 Å². The first kappa shape index (κ1) is 22.2. The first-order valence-electron chi connectivity index (χ1n) is 13.5. The van der Waals surface area contributed by atoms with Crippen LogP contribution in [-0.4, -0.2) is 27.7 Å². The van der Waals surface area contributed by atoms with E-state index >= 15 is 0 Å². The van der Waals surface area contributed by atoms with Crippen molar-refractivity contribution < 1.29 is 9.59 Å². The number of carbonyl (C=O) groups is 2. The largest absolute Gasteiger partial charge is 0.350 e. The molecular weight excluding hydrogens is 444 g/mol. The molecule has 1 N–H and O–H groups in total. The first-order valence-corrected chi connectivity index (χ1v) is 13.5. The average Bonchev–Trinajstić information content (AvgIpc) is 3.37. The minimum Gasteiger partial charge on any atom is -0.350 e. The number of nitrogens with zero attached hydrogens (tertiary/aromatic N) is 1. The number of amides is 1. The first-order chi connectivity index (χ1) is 17.4. The number of hydrogen-bond donors (Lipinski definition) is 1. The van der Waals surface area contributed by atoms with E-state index in [-0.39, 0.29) is 34.1 Å². The van der Waals surface area contributed by atoms with Crippen molar-refractivity contribution >= 4 is 22.5 Å². The van der Waals surface area contributed by atoms with E-state index in [0.717, 1.165) is 24.9 Å². The summed E-state index contributed by atoms with van der Waals surface area (Å²) in [5, 5.41) is 5.81. The minimum atomic E-state index is -0.628. The normalized spacial score (nSPS) is 37.9. The van der Waals surface area contributed by atoms with Gasteiger partial charge in [-0.15, -0.1) is 0 Å². The van der Waals surface area contributed by atoms with Crippen LogP contribution in [0.25, 0.3) is 10.8 Å². The van der Waals surface area contributed by atoms with Gasteiger partial charge < -0.3 is 5.32 Å². The van der Waals surface area contributed by atoms with E-state index in [4.69, 9.17) is 0 Å². The fourth-order valence-corrected chi connectivity index (χ4v) is 9.96. The van der Waals surface area contributed by atoms with Crippen LogP contribution in [-0.2, 0) is 22.7 Å². The number of rotatable bonds is 6. The molecular formula is C32H34N2O2. The molecule has 6 unspecified atom stereocenters. The highest BCUT2D eigenvalue weighted by molar-refractivity contribution is 6.02. The monoisotopic (exact) mass is 478 g/mol. The van der Waals surface area contributed by atoms with E-state index < -0.39 is 5.54 Å². The van der Waals surface area contributed by atoms with Crippen molar-refractivity contribution in [3.05, 3.63) is 83.9 Å². The summed E-state index contributed by atoms with van der Waals surface area (Å²) in [6, 6.07) is 25.2. The van der Waals surface area contributed by atoms with Crippen LogP contribution in [0.3, 0.4) is 0 Å². The molecule has 184 valence electrons. The van der Waals surface area contributed by atoms with E-state index in [1.54, 1.807) is 0 Å². The molecule has 6 atom stereocenters. The van der Waals surface area contributed by atoms with Crippen molar-refractivity contribution in [2.45, 2.75) is 64.2 Å². The van der Waals surface area contributed by atoms with Crippen LogP contribution in [0.15, 0.2) is 72.8 Å². The highest BCUT2D eigenvalue weighted by Gasteiger charge is 3.06. The molecule has 4 aliphatic carbocycles. The molecule has 3 aromatic rings. The number of nitrogens with one attached hydrogen (secondary N) is 1. The summed E-state index contributed by atoms with van der Waals surface area (Å²) in [4.78, 5) is 30.2. The van der Waals surface area contributed by atoms with E-state index in [0.29, 0.717) is 18.7 Å². The lowest BCUT2D eigenvalue weighted by Gasteiger charge is -2.69. The molecule has 4 saturated carbocycles. The SMILES string of the molecule is CCC12C(C)C3CC4(C)C(C(=O)NCc5ccccc5)(N1Cc1cccc5ccccc15)C24CC3=O. The van der Waals surface area contributed by atoms with Gasteiger partial charge >= 0.3 is 0 Å². The Bertz CT molecular complexity index is 1410. The highest BCUT2D eigenvalue weighted by Crippen LogP contribution is 2.96. The molecule has 1 spiro atoms. The lowest BCUT2D eigenvalue weighted by molar-refractivity contribution is -0.212. The summed E-state index contributed by atoms with van der Waals surface area (Å²) >= 11 is 0. The van der Waals surface area contributed by atoms with Crippen molar-refractivity contribution in [2.24, 2.45) is 22.7 Å². The maximum atomic E-state index is 14.4. The number of carbonyl (C=O) groups excluding carboxylic acids is 2. The number of likely N-dealkylation sites (tertiary alicyclic amines) is 1. The van der Waals surface area contributed by atoms with Gasteiger partial charge in [0.2, 0.25) is 5.91 Å². The third-order valence-corrected chi connectivity index (χ3v) is 11.1. The van der Waals surface area contributed by atoms with Gasteiger partial charge in [0.05, 0.1) is 0 Å². The van der Waals surface area contributed by atoms with E-state index in [1.165, 1.54) is 16.3 Å². The van der Waals surface area contributed by atoms with Gasteiger partial charge in [-0.3, -0.25) is 14.5 Å². The topological polar surface area (TPSA) is 49.4 Å². The zero-order valence-corrected chi connectivity index (χ0v) is 21.4.